The van der Waals surface area contributed by atoms with Crippen LogP contribution in [-0.2, 0) is 6.42 Å². The zero-order valence-electron chi connectivity index (χ0n) is 11.7. The van der Waals surface area contributed by atoms with E-state index in [1.165, 1.54) is 20.3 Å². The van der Waals surface area contributed by atoms with E-state index in [1.807, 2.05) is 7.05 Å². The molecule has 0 radical (unpaired) electrons. The molecule has 2 aromatic carbocycles. The minimum Gasteiger partial charge on any atom is -0.490 e. The summed E-state index contributed by atoms with van der Waals surface area (Å²) < 4.78 is 7.07. The van der Waals surface area contributed by atoms with Crippen molar-refractivity contribution < 1.29 is 4.74 Å². The van der Waals surface area contributed by atoms with Gasteiger partial charge in [0, 0.05) is 9.99 Å². The molecule has 20 heavy (non-hydrogen) atoms. The summed E-state index contributed by atoms with van der Waals surface area (Å²) in [4.78, 5) is 0. The molecule has 1 aliphatic rings. The van der Waals surface area contributed by atoms with Crippen molar-refractivity contribution in [3.63, 3.8) is 0 Å². The molecule has 104 valence electrons. The van der Waals surface area contributed by atoms with Crippen molar-refractivity contribution in [2.45, 2.75) is 25.5 Å². The van der Waals surface area contributed by atoms with Crippen molar-refractivity contribution in [2.24, 2.45) is 0 Å². The third kappa shape index (κ3) is 2.56. The fourth-order valence-corrected chi connectivity index (χ4v) is 3.53. The SMILES string of the molecule is CNC(c1ccc2c(c1)CC(C)O2)c1ccccc1I. The van der Waals surface area contributed by atoms with Gasteiger partial charge in [-0.15, -0.1) is 0 Å². The quantitative estimate of drug-likeness (QED) is 0.817. The van der Waals surface area contributed by atoms with Gasteiger partial charge < -0.3 is 10.1 Å². The minimum absolute atomic E-state index is 0.226. The van der Waals surface area contributed by atoms with Crippen molar-refractivity contribution in [2.75, 3.05) is 7.05 Å². The number of hydrogen-bond donors (Lipinski definition) is 1. The van der Waals surface area contributed by atoms with Crippen LogP contribution in [0.25, 0.3) is 0 Å². The van der Waals surface area contributed by atoms with Crippen LogP contribution in [0.15, 0.2) is 42.5 Å². The molecule has 2 aromatic rings. The Morgan fingerprint density at radius 1 is 1.25 bits per heavy atom. The standard InChI is InChI=1S/C17H18INO/c1-11-9-13-10-12(7-8-16(13)20-11)17(19-2)14-5-3-4-6-15(14)18/h3-8,10-11,17,19H,9H2,1-2H3. The van der Waals surface area contributed by atoms with E-state index in [1.54, 1.807) is 0 Å². The maximum Gasteiger partial charge on any atom is 0.123 e. The number of benzene rings is 2. The van der Waals surface area contributed by atoms with Crippen LogP contribution < -0.4 is 10.1 Å². The van der Waals surface area contributed by atoms with Crippen molar-refractivity contribution in [1.29, 1.82) is 0 Å². The number of ether oxygens (including phenoxy) is 1. The molecule has 0 bridgehead atoms. The van der Waals surface area contributed by atoms with Gasteiger partial charge >= 0.3 is 0 Å². The smallest absolute Gasteiger partial charge is 0.123 e. The van der Waals surface area contributed by atoms with Gasteiger partial charge in [-0.1, -0.05) is 30.3 Å². The largest absolute Gasteiger partial charge is 0.490 e. The lowest BCUT2D eigenvalue weighted by molar-refractivity contribution is 0.254. The highest BCUT2D eigenvalue weighted by molar-refractivity contribution is 14.1. The van der Waals surface area contributed by atoms with Gasteiger partial charge in [-0.25, -0.2) is 0 Å². The zero-order chi connectivity index (χ0) is 14.1. The average molecular weight is 379 g/mol. The molecule has 0 aliphatic carbocycles. The molecule has 2 atom stereocenters. The highest BCUT2D eigenvalue weighted by Crippen LogP contribution is 2.33. The molecule has 1 heterocycles. The number of hydrogen-bond acceptors (Lipinski definition) is 2. The predicted molar refractivity (Wildman–Crippen MR) is 90.3 cm³/mol. The Bertz CT molecular complexity index is 626. The first-order valence-electron chi connectivity index (χ1n) is 6.90. The lowest BCUT2D eigenvalue weighted by Gasteiger charge is -2.19. The van der Waals surface area contributed by atoms with Gasteiger partial charge in [-0.05, 0) is 65.4 Å². The molecule has 2 nitrogen and oxygen atoms in total. The van der Waals surface area contributed by atoms with E-state index in [4.69, 9.17) is 4.74 Å². The molecule has 1 aliphatic heterocycles. The Balaban J connectivity index is 1.99. The van der Waals surface area contributed by atoms with E-state index in [2.05, 4.69) is 77.3 Å². The number of rotatable bonds is 3. The van der Waals surface area contributed by atoms with Crippen molar-refractivity contribution in [3.05, 3.63) is 62.7 Å². The maximum atomic E-state index is 5.78. The Hall–Kier alpha value is -1.07. The number of halogens is 1. The zero-order valence-corrected chi connectivity index (χ0v) is 13.8. The van der Waals surface area contributed by atoms with Crippen LogP contribution in [0, 0.1) is 3.57 Å². The molecule has 0 aromatic heterocycles. The summed E-state index contributed by atoms with van der Waals surface area (Å²) >= 11 is 2.40. The second-order valence-corrected chi connectivity index (χ2v) is 6.41. The van der Waals surface area contributed by atoms with Crippen molar-refractivity contribution in [1.82, 2.24) is 5.32 Å². The van der Waals surface area contributed by atoms with Crippen LogP contribution in [0.3, 0.4) is 0 Å². The van der Waals surface area contributed by atoms with E-state index in [9.17, 15) is 0 Å². The van der Waals surface area contributed by atoms with Gasteiger partial charge in [0.15, 0.2) is 0 Å². The fourth-order valence-electron chi connectivity index (χ4n) is 2.83. The molecule has 0 saturated heterocycles. The van der Waals surface area contributed by atoms with Gasteiger partial charge in [0.2, 0.25) is 0 Å². The summed E-state index contributed by atoms with van der Waals surface area (Å²) in [5, 5.41) is 3.43. The third-order valence-corrected chi connectivity index (χ3v) is 4.74. The average Bonchev–Trinajstić information content (AvgIpc) is 2.81. The normalized spacial score (nSPS) is 18.4. The van der Waals surface area contributed by atoms with Gasteiger partial charge in [0.05, 0.1) is 6.04 Å². The molecule has 0 saturated carbocycles. The van der Waals surface area contributed by atoms with Gasteiger partial charge in [-0.2, -0.15) is 0 Å². The summed E-state index contributed by atoms with van der Waals surface area (Å²) in [6.45, 7) is 2.12. The summed E-state index contributed by atoms with van der Waals surface area (Å²) in [5.41, 5.74) is 3.94. The Morgan fingerprint density at radius 2 is 2.05 bits per heavy atom. The summed E-state index contributed by atoms with van der Waals surface area (Å²) in [5.74, 6) is 1.04. The van der Waals surface area contributed by atoms with Crippen molar-refractivity contribution >= 4 is 22.6 Å². The van der Waals surface area contributed by atoms with E-state index in [0.29, 0.717) is 6.10 Å². The molecular formula is C17H18INO. The van der Waals surface area contributed by atoms with Crippen LogP contribution in [0.2, 0.25) is 0 Å². The Labute approximate surface area is 133 Å². The fraction of sp³-hybridized carbons (Fsp3) is 0.294. The molecule has 0 fully saturated rings. The van der Waals surface area contributed by atoms with E-state index in [-0.39, 0.29) is 6.04 Å². The highest BCUT2D eigenvalue weighted by atomic mass is 127. The molecule has 0 amide bonds. The molecule has 1 N–H and O–H groups in total. The van der Waals surface area contributed by atoms with E-state index >= 15 is 0 Å². The topological polar surface area (TPSA) is 21.3 Å². The maximum absolute atomic E-state index is 5.78. The molecular weight excluding hydrogens is 361 g/mol. The first kappa shape index (κ1) is 13.9. The lowest BCUT2D eigenvalue weighted by Crippen LogP contribution is -2.18. The van der Waals surface area contributed by atoms with Crippen LogP contribution in [0.1, 0.15) is 29.7 Å². The molecule has 3 rings (SSSR count). The number of nitrogens with one attached hydrogen (secondary N) is 1. The summed E-state index contributed by atoms with van der Waals surface area (Å²) in [6.07, 6.45) is 1.30. The second-order valence-electron chi connectivity index (χ2n) is 5.24. The van der Waals surface area contributed by atoms with Crippen LogP contribution in [0.4, 0.5) is 0 Å². The van der Waals surface area contributed by atoms with E-state index < -0.39 is 0 Å². The Morgan fingerprint density at radius 3 is 2.80 bits per heavy atom. The summed E-state index contributed by atoms with van der Waals surface area (Å²) in [6, 6.07) is 15.3. The van der Waals surface area contributed by atoms with Gasteiger partial charge in [-0.3, -0.25) is 0 Å². The molecule has 3 heteroatoms. The van der Waals surface area contributed by atoms with Crippen LogP contribution in [0.5, 0.6) is 5.75 Å². The predicted octanol–water partition coefficient (Wildman–Crippen LogP) is 3.92. The molecule has 2 unspecified atom stereocenters. The van der Waals surface area contributed by atoms with Crippen molar-refractivity contribution in [3.8, 4) is 5.75 Å². The molecule has 0 spiro atoms. The third-order valence-electron chi connectivity index (χ3n) is 3.76. The second kappa shape index (κ2) is 5.74. The monoisotopic (exact) mass is 379 g/mol. The lowest BCUT2D eigenvalue weighted by atomic mass is 9.96. The first-order chi connectivity index (χ1) is 9.69. The van der Waals surface area contributed by atoms with Crippen LogP contribution in [-0.4, -0.2) is 13.2 Å². The first-order valence-corrected chi connectivity index (χ1v) is 7.98. The summed E-state index contributed by atoms with van der Waals surface area (Å²) in [7, 11) is 2.01. The minimum atomic E-state index is 0.226. The van der Waals surface area contributed by atoms with Gasteiger partial charge in [0.1, 0.15) is 11.9 Å². The number of fused-ring (bicyclic) bond motifs is 1. The van der Waals surface area contributed by atoms with E-state index in [0.717, 1.165) is 12.2 Å². The highest BCUT2D eigenvalue weighted by Gasteiger charge is 2.21. The van der Waals surface area contributed by atoms with Crippen LogP contribution >= 0.6 is 22.6 Å². The Kier molecular flexibility index (Phi) is 3.98. The van der Waals surface area contributed by atoms with Gasteiger partial charge in [0.25, 0.3) is 0 Å².